The number of fused-ring (bicyclic) bond motifs is 1. The van der Waals surface area contributed by atoms with Crippen molar-refractivity contribution in [1.29, 1.82) is 0 Å². The number of ether oxygens (including phenoxy) is 1. The molecule has 0 radical (unpaired) electrons. The predicted molar refractivity (Wildman–Crippen MR) is 109 cm³/mol. The van der Waals surface area contributed by atoms with Crippen molar-refractivity contribution in [3.63, 3.8) is 0 Å². The molecule has 4 rings (SSSR count). The lowest BCUT2D eigenvalue weighted by Crippen LogP contribution is -2.01. The molecule has 0 N–H and O–H groups in total. The molecule has 0 aliphatic heterocycles. The number of nitrogens with zero attached hydrogens (tertiary/aromatic N) is 5. The van der Waals surface area contributed by atoms with Crippen molar-refractivity contribution in [1.82, 2.24) is 19.6 Å². The zero-order valence-electron chi connectivity index (χ0n) is 16.8. The average molecular weight is 407 g/mol. The van der Waals surface area contributed by atoms with Crippen LogP contribution >= 0.6 is 0 Å². The molecule has 3 heterocycles. The summed E-state index contributed by atoms with van der Waals surface area (Å²) >= 11 is 0. The van der Waals surface area contributed by atoms with Crippen molar-refractivity contribution in [2.75, 3.05) is 7.11 Å². The van der Waals surface area contributed by atoms with Gasteiger partial charge in [-0.3, -0.25) is 10.1 Å². The summed E-state index contributed by atoms with van der Waals surface area (Å²) in [6.45, 7) is 5.36. The Morgan fingerprint density at radius 2 is 1.97 bits per heavy atom. The SMILES string of the molecule is COc1cccc(-c2cc(C)nc3c(-c4ncc([N+](=O)[O-])cc4C)c(C)nn23)c1F. The summed E-state index contributed by atoms with van der Waals surface area (Å²) in [5.41, 5.74) is 4.36. The molecule has 0 bridgehead atoms. The number of rotatable bonds is 4. The Balaban J connectivity index is 2.01. The summed E-state index contributed by atoms with van der Waals surface area (Å²) in [5.74, 6) is -0.363. The Hall–Kier alpha value is -3.88. The van der Waals surface area contributed by atoms with Gasteiger partial charge in [0.15, 0.2) is 17.2 Å². The summed E-state index contributed by atoms with van der Waals surface area (Å²) < 4.78 is 21.6. The molecule has 0 aliphatic rings. The second-order valence-corrected chi connectivity index (χ2v) is 6.92. The summed E-state index contributed by atoms with van der Waals surface area (Å²) in [4.78, 5) is 19.5. The molecule has 0 saturated heterocycles. The molecule has 1 aromatic carbocycles. The zero-order valence-corrected chi connectivity index (χ0v) is 16.8. The highest BCUT2D eigenvalue weighted by atomic mass is 19.1. The predicted octanol–water partition coefficient (Wildman–Crippen LogP) is 4.44. The van der Waals surface area contributed by atoms with Gasteiger partial charge >= 0.3 is 0 Å². The normalized spacial score (nSPS) is 11.1. The summed E-state index contributed by atoms with van der Waals surface area (Å²) in [6, 6.07) is 8.12. The Morgan fingerprint density at radius 1 is 1.20 bits per heavy atom. The minimum absolute atomic E-state index is 0.0892. The van der Waals surface area contributed by atoms with Crippen LogP contribution in [-0.4, -0.2) is 31.6 Å². The highest BCUT2D eigenvalue weighted by molar-refractivity contribution is 5.81. The van der Waals surface area contributed by atoms with Gasteiger partial charge in [-0.2, -0.15) is 5.10 Å². The first-order valence-electron chi connectivity index (χ1n) is 9.13. The van der Waals surface area contributed by atoms with E-state index in [9.17, 15) is 14.5 Å². The fraction of sp³-hybridized carbons (Fsp3) is 0.190. The van der Waals surface area contributed by atoms with Gasteiger partial charge in [-0.05, 0) is 44.5 Å². The zero-order chi connectivity index (χ0) is 21.6. The van der Waals surface area contributed by atoms with Gasteiger partial charge in [0.2, 0.25) is 0 Å². The van der Waals surface area contributed by atoms with Crippen LogP contribution in [0.25, 0.3) is 28.2 Å². The molecule has 0 unspecified atom stereocenters. The fourth-order valence-corrected chi connectivity index (χ4v) is 3.50. The molecule has 0 fully saturated rings. The van der Waals surface area contributed by atoms with Crippen LogP contribution in [-0.2, 0) is 0 Å². The van der Waals surface area contributed by atoms with E-state index in [0.29, 0.717) is 45.1 Å². The van der Waals surface area contributed by atoms with E-state index >= 15 is 0 Å². The molecule has 4 aromatic rings. The largest absolute Gasteiger partial charge is 0.494 e. The van der Waals surface area contributed by atoms with Gasteiger partial charge in [0, 0.05) is 17.3 Å². The second kappa shape index (κ2) is 7.18. The van der Waals surface area contributed by atoms with E-state index in [1.807, 2.05) is 6.92 Å². The molecule has 152 valence electrons. The molecule has 0 atom stereocenters. The Morgan fingerprint density at radius 3 is 2.63 bits per heavy atom. The minimum atomic E-state index is -0.494. The Kier molecular flexibility index (Phi) is 4.65. The van der Waals surface area contributed by atoms with Crippen LogP contribution < -0.4 is 4.74 Å². The quantitative estimate of drug-likeness (QED) is 0.367. The van der Waals surface area contributed by atoms with E-state index in [2.05, 4.69) is 15.1 Å². The number of aryl methyl sites for hydroxylation is 3. The highest BCUT2D eigenvalue weighted by Gasteiger charge is 2.22. The molecule has 0 saturated carbocycles. The van der Waals surface area contributed by atoms with Crippen LogP contribution in [0.3, 0.4) is 0 Å². The van der Waals surface area contributed by atoms with E-state index in [0.717, 1.165) is 0 Å². The number of aromatic nitrogens is 4. The van der Waals surface area contributed by atoms with E-state index in [-0.39, 0.29) is 11.4 Å². The maximum atomic E-state index is 15.0. The molecular formula is C21H18FN5O3. The molecular weight excluding hydrogens is 389 g/mol. The summed E-state index contributed by atoms with van der Waals surface area (Å²) in [5, 5.41) is 15.6. The molecule has 0 aliphatic carbocycles. The third kappa shape index (κ3) is 3.04. The number of methoxy groups -OCH3 is 1. The number of pyridine rings is 1. The molecule has 0 spiro atoms. The van der Waals surface area contributed by atoms with Gasteiger partial charge in [0.05, 0.1) is 34.7 Å². The van der Waals surface area contributed by atoms with E-state index in [1.54, 1.807) is 42.6 Å². The summed E-state index contributed by atoms with van der Waals surface area (Å²) in [7, 11) is 1.41. The van der Waals surface area contributed by atoms with Crippen LogP contribution in [0.2, 0.25) is 0 Å². The average Bonchev–Trinajstić information content (AvgIpc) is 3.03. The summed E-state index contributed by atoms with van der Waals surface area (Å²) in [6.07, 6.45) is 1.21. The number of benzene rings is 1. The van der Waals surface area contributed by atoms with E-state index in [4.69, 9.17) is 4.74 Å². The van der Waals surface area contributed by atoms with Crippen LogP contribution in [0.5, 0.6) is 5.75 Å². The molecule has 30 heavy (non-hydrogen) atoms. The topological polar surface area (TPSA) is 95.5 Å². The van der Waals surface area contributed by atoms with E-state index in [1.165, 1.54) is 19.4 Å². The second-order valence-electron chi connectivity index (χ2n) is 6.92. The third-order valence-electron chi connectivity index (χ3n) is 4.86. The fourth-order valence-electron chi connectivity index (χ4n) is 3.50. The van der Waals surface area contributed by atoms with Gasteiger partial charge in [-0.1, -0.05) is 6.07 Å². The lowest BCUT2D eigenvalue weighted by atomic mass is 10.1. The lowest BCUT2D eigenvalue weighted by molar-refractivity contribution is -0.385. The smallest absolute Gasteiger partial charge is 0.287 e. The van der Waals surface area contributed by atoms with Gasteiger partial charge in [0.25, 0.3) is 5.69 Å². The van der Waals surface area contributed by atoms with Gasteiger partial charge in [0.1, 0.15) is 6.20 Å². The van der Waals surface area contributed by atoms with Gasteiger partial charge in [-0.25, -0.2) is 18.9 Å². The first kappa shape index (κ1) is 19.4. The van der Waals surface area contributed by atoms with Gasteiger partial charge < -0.3 is 4.74 Å². The maximum Gasteiger partial charge on any atom is 0.287 e. The first-order valence-corrected chi connectivity index (χ1v) is 9.13. The lowest BCUT2D eigenvalue weighted by Gasteiger charge is -2.10. The Bertz CT molecular complexity index is 1320. The van der Waals surface area contributed by atoms with Crippen molar-refractivity contribution in [2.45, 2.75) is 20.8 Å². The van der Waals surface area contributed by atoms with Crippen LogP contribution in [0.4, 0.5) is 10.1 Å². The van der Waals surface area contributed by atoms with Crippen molar-refractivity contribution >= 4 is 11.3 Å². The molecule has 0 amide bonds. The van der Waals surface area contributed by atoms with E-state index < -0.39 is 10.7 Å². The van der Waals surface area contributed by atoms with Crippen LogP contribution in [0.15, 0.2) is 36.5 Å². The van der Waals surface area contributed by atoms with Crippen LogP contribution in [0, 0.1) is 36.7 Å². The van der Waals surface area contributed by atoms with Gasteiger partial charge in [-0.15, -0.1) is 0 Å². The van der Waals surface area contributed by atoms with Crippen LogP contribution in [0.1, 0.15) is 17.0 Å². The third-order valence-corrected chi connectivity index (χ3v) is 4.86. The highest BCUT2D eigenvalue weighted by Crippen LogP contribution is 2.34. The van der Waals surface area contributed by atoms with Crippen molar-refractivity contribution in [3.05, 3.63) is 69.4 Å². The van der Waals surface area contributed by atoms with Crippen molar-refractivity contribution < 1.29 is 14.1 Å². The number of hydrogen-bond donors (Lipinski definition) is 0. The minimum Gasteiger partial charge on any atom is -0.494 e. The number of hydrogen-bond acceptors (Lipinski definition) is 6. The number of nitro groups is 1. The molecule has 3 aromatic heterocycles. The Labute approximate surface area is 171 Å². The molecule has 8 nitrogen and oxygen atoms in total. The number of halogens is 1. The van der Waals surface area contributed by atoms with Crippen molar-refractivity contribution in [3.8, 4) is 28.3 Å². The van der Waals surface area contributed by atoms with Crippen molar-refractivity contribution in [2.24, 2.45) is 0 Å². The maximum absolute atomic E-state index is 15.0. The monoisotopic (exact) mass is 407 g/mol. The standard InChI is InChI=1S/C21H18FN5O3/c1-11-8-14(27(28)29)10-23-20(11)18-13(3)25-26-16(9-12(2)24-21(18)26)15-6-5-7-17(30-4)19(15)22/h5-10H,1-4H3. The first-order chi connectivity index (χ1) is 14.3. The molecule has 9 heteroatoms.